The number of rotatable bonds is 4. The second-order valence-electron chi connectivity index (χ2n) is 2.26. The van der Waals surface area contributed by atoms with Crippen molar-refractivity contribution in [2.45, 2.75) is 26.7 Å². The molecule has 3 heteroatoms. The highest BCUT2D eigenvalue weighted by atomic mass is 16.6. The summed E-state index contributed by atoms with van der Waals surface area (Å²) in [5.41, 5.74) is 0. The van der Waals surface area contributed by atoms with Gasteiger partial charge in [-0.3, -0.25) is 0 Å². The van der Waals surface area contributed by atoms with Crippen LogP contribution in [0.5, 0.6) is 5.95 Å². The first kappa shape index (κ1) is 8.11. The van der Waals surface area contributed by atoms with Gasteiger partial charge in [0.2, 0.25) is 0 Å². The lowest BCUT2D eigenvalue weighted by Gasteiger charge is -1.93. The van der Waals surface area contributed by atoms with E-state index in [2.05, 4.69) is 11.9 Å². The van der Waals surface area contributed by atoms with Gasteiger partial charge in [0.25, 0.3) is 0 Å². The maximum atomic E-state index is 5.23. The van der Waals surface area contributed by atoms with Gasteiger partial charge in [0.15, 0.2) is 5.89 Å². The number of oxazole rings is 1. The van der Waals surface area contributed by atoms with E-state index in [1.807, 2.05) is 6.92 Å². The van der Waals surface area contributed by atoms with Crippen molar-refractivity contribution < 1.29 is 9.15 Å². The van der Waals surface area contributed by atoms with Gasteiger partial charge in [0, 0.05) is 6.42 Å². The maximum absolute atomic E-state index is 5.23. The number of hydrogen-bond acceptors (Lipinski definition) is 3. The van der Waals surface area contributed by atoms with Crippen LogP contribution in [0, 0.1) is 0 Å². The summed E-state index contributed by atoms with van der Waals surface area (Å²) in [5, 5.41) is 0. The van der Waals surface area contributed by atoms with Crippen molar-refractivity contribution in [1.29, 1.82) is 0 Å². The van der Waals surface area contributed by atoms with Gasteiger partial charge in [-0.2, -0.15) is 0 Å². The molecule has 0 bridgehead atoms. The van der Waals surface area contributed by atoms with Crippen molar-refractivity contribution in [3.63, 3.8) is 0 Å². The molecule has 1 rings (SSSR count). The van der Waals surface area contributed by atoms with Crippen LogP contribution < -0.4 is 4.74 Å². The Bertz CT molecular complexity index is 187. The van der Waals surface area contributed by atoms with E-state index in [0.29, 0.717) is 12.6 Å². The Morgan fingerprint density at radius 2 is 2.36 bits per heavy atom. The monoisotopic (exact) mass is 155 g/mol. The molecule has 0 atom stereocenters. The molecule has 1 aromatic rings. The van der Waals surface area contributed by atoms with Crippen LogP contribution in [0.2, 0.25) is 0 Å². The lowest BCUT2D eigenvalue weighted by atomic mass is 10.3. The largest absolute Gasteiger partial charge is 0.464 e. The smallest absolute Gasteiger partial charge is 0.305 e. The summed E-state index contributed by atoms with van der Waals surface area (Å²) >= 11 is 0. The molecule has 0 fully saturated rings. The fraction of sp³-hybridized carbons (Fsp3) is 0.625. The molecule has 0 radical (unpaired) electrons. The highest BCUT2D eigenvalue weighted by Crippen LogP contribution is 2.12. The number of aryl methyl sites for hydroxylation is 1. The van der Waals surface area contributed by atoms with Gasteiger partial charge in [-0.25, -0.2) is 4.98 Å². The van der Waals surface area contributed by atoms with Gasteiger partial charge in [-0.15, -0.1) is 0 Å². The molecule has 0 aromatic carbocycles. The Labute approximate surface area is 66.4 Å². The number of aromatic nitrogens is 1. The zero-order valence-electron chi connectivity index (χ0n) is 6.96. The van der Waals surface area contributed by atoms with E-state index in [1.165, 1.54) is 0 Å². The molecular formula is C8H13NO2. The van der Waals surface area contributed by atoms with Crippen LogP contribution in [0.1, 0.15) is 26.2 Å². The van der Waals surface area contributed by atoms with E-state index in [0.717, 1.165) is 18.7 Å². The Hall–Kier alpha value is -0.990. The highest BCUT2D eigenvalue weighted by Gasteiger charge is 2.01. The van der Waals surface area contributed by atoms with Crippen LogP contribution in [-0.2, 0) is 6.42 Å². The van der Waals surface area contributed by atoms with Crippen LogP contribution in [0.4, 0.5) is 0 Å². The van der Waals surface area contributed by atoms with Crippen molar-refractivity contribution in [3.05, 3.63) is 12.1 Å². The predicted octanol–water partition coefficient (Wildman–Crippen LogP) is 2.03. The quantitative estimate of drug-likeness (QED) is 0.667. The molecule has 0 aliphatic heterocycles. The molecule has 0 spiro atoms. The molecule has 0 saturated carbocycles. The number of nitrogens with zero attached hydrogens (tertiary/aromatic N) is 1. The van der Waals surface area contributed by atoms with Gasteiger partial charge < -0.3 is 9.15 Å². The van der Waals surface area contributed by atoms with Crippen molar-refractivity contribution in [1.82, 2.24) is 4.98 Å². The molecule has 0 amide bonds. The summed E-state index contributed by atoms with van der Waals surface area (Å²) in [6.45, 7) is 4.63. The number of hydrogen-bond donors (Lipinski definition) is 0. The molecule has 11 heavy (non-hydrogen) atoms. The van der Waals surface area contributed by atoms with E-state index < -0.39 is 0 Å². The molecule has 0 N–H and O–H groups in total. The van der Waals surface area contributed by atoms with E-state index in [1.54, 1.807) is 6.20 Å². The lowest BCUT2D eigenvalue weighted by molar-refractivity contribution is 0.249. The van der Waals surface area contributed by atoms with Gasteiger partial charge in [-0.1, -0.05) is 6.92 Å². The summed E-state index contributed by atoms with van der Waals surface area (Å²) in [4.78, 5) is 4.03. The molecule has 62 valence electrons. The summed E-state index contributed by atoms with van der Waals surface area (Å²) < 4.78 is 10.3. The minimum atomic E-state index is 0.524. The van der Waals surface area contributed by atoms with Crippen LogP contribution in [0.3, 0.4) is 0 Å². The Balaban J connectivity index is 2.51. The maximum Gasteiger partial charge on any atom is 0.305 e. The standard InChI is InChI=1S/C8H13NO2/c1-3-5-7-9-6-8(11-7)10-4-2/h6H,3-5H2,1-2H3. The second-order valence-corrected chi connectivity index (χ2v) is 2.26. The van der Waals surface area contributed by atoms with Crippen molar-refractivity contribution >= 4 is 0 Å². The van der Waals surface area contributed by atoms with E-state index >= 15 is 0 Å². The molecule has 0 aliphatic carbocycles. The molecular weight excluding hydrogens is 142 g/mol. The van der Waals surface area contributed by atoms with Crippen molar-refractivity contribution in [2.75, 3.05) is 6.61 Å². The summed E-state index contributed by atoms with van der Waals surface area (Å²) in [5.74, 6) is 1.28. The summed E-state index contributed by atoms with van der Waals surface area (Å²) in [6.07, 6.45) is 3.55. The molecule has 1 aromatic heterocycles. The first-order valence-corrected chi connectivity index (χ1v) is 3.94. The molecule has 0 aliphatic rings. The first-order valence-electron chi connectivity index (χ1n) is 3.94. The lowest BCUT2D eigenvalue weighted by Crippen LogP contribution is -1.88. The minimum Gasteiger partial charge on any atom is -0.464 e. The predicted molar refractivity (Wildman–Crippen MR) is 41.7 cm³/mol. The average Bonchev–Trinajstić information content (AvgIpc) is 2.38. The van der Waals surface area contributed by atoms with Gasteiger partial charge in [-0.05, 0) is 13.3 Å². The minimum absolute atomic E-state index is 0.524. The zero-order valence-corrected chi connectivity index (χ0v) is 6.96. The van der Waals surface area contributed by atoms with Gasteiger partial charge in [0.05, 0.1) is 6.61 Å². The normalized spacial score (nSPS) is 10.0. The van der Waals surface area contributed by atoms with E-state index in [9.17, 15) is 0 Å². The molecule has 3 nitrogen and oxygen atoms in total. The van der Waals surface area contributed by atoms with Crippen molar-refractivity contribution in [3.8, 4) is 5.95 Å². The van der Waals surface area contributed by atoms with Crippen molar-refractivity contribution in [2.24, 2.45) is 0 Å². The third-order valence-corrected chi connectivity index (χ3v) is 1.28. The summed E-state index contributed by atoms with van der Waals surface area (Å²) in [6, 6.07) is 0. The fourth-order valence-electron chi connectivity index (χ4n) is 0.832. The second kappa shape index (κ2) is 4.01. The van der Waals surface area contributed by atoms with E-state index in [-0.39, 0.29) is 0 Å². The van der Waals surface area contributed by atoms with Crippen LogP contribution in [0.25, 0.3) is 0 Å². The molecule has 0 unspecified atom stereocenters. The summed E-state index contributed by atoms with van der Waals surface area (Å²) in [7, 11) is 0. The highest BCUT2D eigenvalue weighted by molar-refractivity contribution is 4.99. The molecule has 0 saturated heterocycles. The van der Waals surface area contributed by atoms with Crippen LogP contribution in [0.15, 0.2) is 10.6 Å². The first-order chi connectivity index (χ1) is 5.36. The van der Waals surface area contributed by atoms with E-state index in [4.69, 9.17) is 9.15 Å². The third kappa shape index (κ3) is 2.26. The number of ether oxygens (including phenoxy) is 1. The Morgan fingerprint density at radius 3 is 3.00 bits per heavy atom. The topological polar surface area (TPSA) is 35.3 Å². The SMILES string of the molecule is CCCc1ncc(OCC)o1. The van der Waals surface area contributed by atoms with Crippen LogP contribution in [-0.4, -0.2) is 11.6 Å². The average molecular weight is 155 g/mol. The fourth-order valence-corrected chi connectivity index (χ4v) is 0.832. The Morgan fingerprint density at radius 1 is 1.55 bits per heavy atom. The molecule has 1 heterocycles. The van der Waals surface area contributed by atoms with Gasteiger partial charge >= 0.3 is 5.95 Å². The third-order valence-electron chi connectivity index (χ3n) is 1.28. The Kier molecular flexibility index (Phi) is 2.95. The van der Waals surface area contributed by atoms with Gasteiger partial charge in [0.1, 0.15) is 6.20 Å². The van der Waals surface area contributed by atoms with Crippen LogP contribution >= 0.6 is 0 Å². The zero-order chi connectivity index (χ0) is 8.10.